The van der Waals surface area contributed by atoms with Gasteiger partial charge in [0.1, 0.15) is 6.54 Å². The first-order chi connectivity index (χ1) is 15.3. The van der Waals surface area contributed by atoms with Crippen LogP contribution in [0.2, 0.25) is 5.02 Å². The highest BCUT2D eigenvalue weighted by atomic mass is 35.5. The van der Waals surface area contributed by atoms with E-state index in [0.29, 0.717) is 40.8 Å². The molecule has 0 bridgehead atoms. The molecule has 0 aliphatic rings. The van der Waals surface area contributed by atoms with E-state index < -0.39 is 0 Å². The minimum atomic E-state index is -0.232. The van der Waals surface area contributed by atoms with Gasteiger partial charge in [-0.25, -0.2) is 4.79 Å². The summed E-state index contributed by atoms with van der Waals surface area (Å²) in [4.78, 5) is 30.0. The Kier molecular flexibility index (Phi) is 6.14. The first-order valence-electron chi connectivity index (χ1n) is 10.4. The monoisotopic (exact) mass is 453 g/mol. The molecule has 0 radical (unpaired) electrons. The molecule has 0 aliphatic carbocycles. The number of carbonyl (C=O) groups excluding carboxylic acids is 1. The fourth-order valence-electron chi connectivity index (χ4n) is 3.68. The van der Waals surface area contributed by atoms with Gasteiger partial charge in [0.05, 0.1) is 11.0 Å². The van der Waals surface area contributed by atoms with Gasteiger partial charge < -0.3 is 9.84 Å². The minimum Gasteiger partial charge on any atom is -0.354 e. The number of amides is 1. The summed E-state index contributed by atoms with van der Waals surface area (Å²) >= 11 is 5.91. The third kappa shape index (κ3) is 4.45. The maximum absolute atomic E-state index is 13.1. The number of nitrogens with zero attached hydrogens (tertiary/aromatic N) is 4. The van der Waals surface area contributed by atoms with Gasteiger partial charge in [0, 0.05) is 30.1 Å². The number of benzene rings is 2. The molecular weight excluding hydrogens is 430 g/mol. The van der Waals surface area contributed by atoms with E-state index in [-0.39, 0.29) is 24.2 Å². The molecule has 9 heteroatoms. The van der Waals surface area contributed by atoms with Crippen LogP contribution in [0.3, 0.4) is 0 Å². The molecule has 166 valence electrons. The molecule has 1 N–H and O–H groups in total. The Hall–Kier alpha value is -3.39. The van der Waals surface area contributed by atoms with E-state index in [0.717, 1.165) is 11.1 Å². The molecule has 0 atom stereocenters. The minimum absolute atomic E-state index is 0.0579. The predicted molar refractivity (Wildman–Crippen MR) is 123 cm³/mol. The molecule has 2 heterocycles. The lowest BCUT2D eigenvalue weighted by molar-refractivity contribution is -0.121. The van der Waals surface area contributed by atoms with Crippen LogP contribution >= 0.6 is 11.6 Å². The van der Waals surface area contributed by atoms with E-state index in [4.69, 9.17) is 16.1 Å². The molecule has 0 saturated heterocycles. The zero-order chi connectivity index (χ0) is 22.8. The van der Waals surface area contributed by atoms with Crippen LogP contribution in [0.1, 0.15) is 31.3 Å². The molecule has 0 fully saturated rings. The van der Waals surface area contributed by atoms with Crippen LogP contribution in [0.5, 0.6) is 0 Å². The summed E-state index contributed by atoms with van der Waals surface area (Å²) in [5, 5.41) is 7.52. The van der Waals surface area contributed by atoms with Gasteiger partial charge in [-0.3, -0.25) is 13.9 Å². The van der Waals surface area contributed by atoms with Gasteiger partial charge in [0.15, 0.2) is 0 Å². The molecule has 32 heavy (non-hydrogen) atoms. The number of aryl methyl sites for hydroxylation is 1. The second-order valence-corrected chi connectivity index (χ2v) is 8.34. The summed E-state index contributed by atoms with van der Waals surface area (Å²) in [6.45, 7) is 5.98. The van der Waals surface area contributed by atoms with Crippen molar-refractivity contribution in [3.8, 4) is 11.4 Å². The topological polar surface area (TPSA) is 95.0 Å². The number of halogens is 1. The van der Waals surface area contributed by atoms with Gasteiger partial charge in [0.2, 0.25) is 17.6 Å². The summed E-state index contributed by atoms with van der Waals surface area (Å²) < 4.78 is 8.25. The Bertz CT molecular complexity index is 1320. The van der Waals surface area contributed by atoms with Crippen molar-refractivity contribution < 1.29 is 9.32 Å². The van der Waals surface area contributed by atoms with Crippen molar-refractivity contribution in [2.24, 2.45) is 0 Å². The summed E-state index contributed by atoms with van der Waals surface area (Å²) in [6, 6.07) is 13.0. The van der Waals surface area contributed by atoms with Gasteiger partial charge in [-0.2, -0.15) is 4.98 Å². The zero-order valence-corrected chi connectivity index (χ0v) is 18.9. The van der Waals surface area contributed by atoms with Crippen molar-refractivity contribution in [1.82, 2.24) is 24.6 Å². The second kappa shape index (κ2) is 9.00. The second-order valence-electron chi connectivity index (χ2n) is 7.90. The summed E-state index contributed by atoms with van der Waals surface area (Å²) in [5.74, 6) is 0.662. The third-order valence-corrected chi connectivity index (χ3v) is 5.47. The lowest BCUT2D eigenvalue weighted by atomic mass is 10.1. The van der Waals surface area contributed by atoms with Crippen molar-refractivity contribution in [2.75, 3.05) is 6.54 Å². The number of imidazole rings is 1. The fourth-order valence-corrected chi connectivity index (χ4v) is 3.81. The average Bonchev–Trinajstić information content (AvgIpc) is 3.30. The lowest BCUT2D eigenvalue weighted by Crippen LogP contribution is -2.34. The molecular formula is C23H24ClN5O3. The summed E-state index contributed by atoms with van der Waals surface area (Å²) in [7, 11) is 0. The molecule has 2 aromatic carbocycles. The van der Waals surface area contributed by atoms with Crippen LogP contribution in [0, 0.1) is 6.92 Å². The van der Waals surface area contributed by atoms with E-state index in [1.807, 2.05) is 56.3 Å². The number of fused-ring (bicyclic) bond motifs is 1. The van der Waals surface area contributed by atoms with Crippen molar-refractivity contribution >= 4 is 28.5 Å². The number of carbonyl (C=O) groups is 1. The Labute approximate surface area is 189 Å². The van der Waals surface area contributed by atoms with Crippen molar-refractivity contribution in [3.05, 3.63) is 69.4 Å². The summed E-state index contributed by atoms with van der Waals surface area (Å²) in [5.41, 5.74) is 2.96. The van der Waals surface area contributed by atoms with Gasteiger partial charge in [-0.05, 0) is 56.2 Å². The Morgan fingerprint density at radius 1 is 1.16 bits per heavy atom. The van der Waals surface area contributed by atoms with Gasteiger partial charge in [0.25, 0.3) is 0 Å². The maximum atomic E-state index is 13.1. The molecule has 0 unspecified atom stereocenters. The Balaban J connectivity index is 1.58. The highest BCUT2D eigenvalue weighted by Gasteiger charge is 2.19. The van der Waals surface area contributed by atoms with Gasteiger partial charge in [-0.1, -0.05) is 28.9 Å². The fraction of sp³-hybridized carbons (Fsp3) is 0.304. The highest BCUT2D eigenvalue weighted by Crippen LogP contribution is 2.24. The summed E-state index contributed by atoms with van der Waals surface area (Å²) in [6.07, 6.45) is 0.674. The van der Waals surface area contributed by atoms with Crippen molar-refractivity contribution in [2.45, 2.75) is 39.8 Å². The number of nitrogens with one attached hydrogen (secondary N) is 1. The van der Waals surface area contributed by atoms with E-state index in [1.54, 1.807) is 11.5 Å². The molecule has 4 aromatic rings. The van der Waals surface area contributed by atoms with Crippen LogP contribution in [-0.2, 0) is 17.8 Å². The van der Waals surface area contributed by atoms with Crippen LogP contribution in [0.4, 0.5) is 0 Å². The third-order valence-electron chi connectivity index (χ3n) is 5.22. The molecule has 0 spiro atoms. The van der Waals surface area contributed by atoms with Crippen molar-refractivity contribution in [3.63, 3.8) is 0 Å². The van der Waals surface area contributed by atoms with Crippen LogP contribution in [0.25, 0.3) is 22.4 Å². The zero-order valence-electron chi connectivity index (χ0n) is 18.1. The van der Waals surface area contributed by atoms with E-state index in [1.165, 1.54) is 4.57 Å². The molecule has 0 aliphatic heterocycles. The first kappa shape index (κ1) is 21.8. The number of rotatable bonds is 7. The molecule has 4 rings (SSSR count). The molecule has 2 aromatic heterocycles. The van der Waals surface area contributed by atoms with Crippen molar-refractivity contribution in [1.29, 1.82) is 0 Å². The number of aromatic nitrogens is 4. The number of hydrogen-bond acceptors (Lipinski definition) is 5. The van der Waals surface area contributed by atoms with Gasteiger partial charge >= 0.3 is 5.69 Å². The van der Waals surface area contributed by atoms with E-state index >= 15 is 0 Å². The quantitative estimate of drug-likeness (QED) is 0.459. The molecule has 0 saturated carbocycles. The average molecular weight is 454 g/mol. The SMILES string of the molecule is Cc1nc(-c2ccc3c(c2)n(CC(=O)NCCc2ccc(Cl)cc2)c(=O)n3C(C)C)no1. The van der Waals surface area contributed by atoms with Gasteiger partial charge in [-0.15, -0.1) is 0 Å². The maximum Gasteiger partial charge on any atom is 0.329 e. The van der Waals surface area contributed by atoms with Crippen LogP contribution < -0.4 is 11.0 Å². The smallest absolute Gasteiger partial charge is 0.329 e. The highest BCUT2D eigenvalue weighted by molar-refractivity contribution is 6.30. The standard InChI is InChI=1S/C23H24ClN5O3/c1-14(2)29-19-9-6-17(22-26-15(3)32-27-22)12-20(19)28(23(29)31)13-21(30)25-11-10-16-4-7-18(24)8-5-16/h4-9,12,14H,10-11,13H2,1-3H3,(H,25,30). The number of hydrogen-bond donors (Lipinski definition) is 1. The van der Waals surface area contributed by atoms with E-state index in [2.05, 4.69) is 15.5 Å². The predicted octanol–water partition coefficient (Wildman–Crippen LogP) is 3.75. The normalized spacial score (nSPS) is 11.4. The molecule has 8 nitrogen and oxygen atoms in total. The molecule has 1 amide bonds. The Morgan fingerprint density at radius 2 is 1.91 bits per heavy atom. The van der Waals surface area contributed by atoms with E-state index in [9.17, 15) is 9.59 Å². The van der Waals surface area contributed by atoms with Crippen LogP contribution in [-0.4, -0.2) is 31.7 Å². The Morgan fingerprint density at radius 3 is 2.56 bits per heavy atom. The first-order valence-corrected chi connectivity index (χ1v) is 10.8. The lowest BCUT2D eigenvalue weighted by Gasteiger charge is -2.07. The van der Waals surface area contributed by atoms with Crippen LogP contribution in [0.15, 0.2) is 51.8 Å². The largest absolute Gasteiger partial charge is 0.354 e.